The van der Waals surface area contributed by atoms with Gasteiger partial charge >= 0.3 is 27.5 Å². The number of hydrogen-bond acceptors (Lipinski definition) is 0. The van der Waals surface area contributed by atoms with Gasteiger partial charge in [-0.2, -0.15) is 19.8 Å². The Labute approximate surface area is 72.5 Å². The summed E-state index contributed by atoms with van der Waals surface area (Å²) in [6.07, 6.45) is 2.56. The van der Waals surface area contributed by atoms with Crippen molar-refractivity contribution in [3.63, 3.8) is 0 Å². The molecule has 52 valence electrons. The van der Waals surface area contributed by atoms with Gasteiger partial charge in [0.2, 0.25) is 0 Å². The summed E-state index contributed by atoms with van der Waals surface area (Å²) in [7, 11) is 4.64. The molecule has 0 amide bonds. The Balaban J connectivity index is -0.0000000183. The molecule has 0 aliphatic heterocycles. The molecule has 0 heterocycles. The quantitative estimate of drug-likeness (QED) is 0.385. The van der Waals surface area contributed by atoms with Crippen LogP contribution in [0.1, 0.15) is 0 Å². The molecular formula is C4H10ClIrP2. The van der Waals surface area contributed by atoms with E-state index in [0.29, 0.717) is 0 Å². The second-order valence-electron chi connectivity index (χ2n) is 0.385. The van der Waals surface area contributed by atoms with Gasteiger partial charge in [-0.05, 0) is 0 Å². The molecule has 0 fully saturated rings. The van der Waals surface area contributed by atoms with E-state index in [2.05, 4.69) is 9.58 Å². The zero-order valence-corrected chi connectivity index (χ0v) is 10.4. The topological polar surface area (TPSA) is 0 Å². The Morgan fingerprint density at radius 1 is 1.00 bits per heavy atom. The summed E-state index contributed by atoms with van der Waals surface area (Å²) in [5.41, 5.74) is 0. The van der Waals surface area contributed by atoms with Gasteiger partial charge in [0, 0.05) is 0 Å². The predicted octanol–water partition coefficient (Wildman–Crippen LogP) is 1.77. The number of allylic oxidation sites excluding steroid dienone is 2. The van der Waals surface area contributed by atoms with Crippen LogP contribution in [0.4, 0.5) is 0 Å². The molecule has 0 aromatic rings. The molecule has 0 saturated heterocycles. The van der Waals surface area contributed by atoms with Crippen LogP contribution in [0.25, 0.3) is 0 Å². The van der Waals surface area contributed by atoms with Crippen molar-refractivity contribution in [3.05, 3.63) is 25.3 Å². The average Bonchev–Trinajstić information content (AvgIpc) is 1.72. The monoisotopic (exact) mass is 348 g/mol. The first-order valence-corrected chi connectivity index (χ1v) is 4.09. The molecular weight excluding hydrogens is 338 g/mol. The molecule has 8 heavy (non-hydrogen) atoms. The van der Waals surface area contributed by atoms with Crippen LogP contribution in [0.15, 0.2) is 12.2 Å². The average molecular weight is 348 g/mol. The van der Waals surface area contributed by atoms with E-state index in [1.807, 2.05) is 0 Å². The molecule has 2 unspecified atom stereocenters. The zero-order chi connectivity index (χ0) is 5.41. The van der Waals surface area contributed by atoms with Crippen molar-refractivity contribution < 1.29 is 17.9 Å². The van der Waals surface area contributed by atoms with E-state index in [0.717, 1.165) is 0 Å². The van der Waals surface area contributed by atoms with Crippen LogP contribution in [0.3, 0.4) is 0 Å². The Kier molecular flexibility index (Phi) is 116. The van der Waals surface area contributed by atoms with Gasteiger partial charge < -0.3 is 25.3 Å². The van der Waals surface area contributed by atoms with Gasteiger partial charge in [0.1, 0.15) is 0 Å². The molecule has 0 radical (unpaired) electrons. The van der Waals surface area contributed by atoms with Crippen LogP contribution < -0.4 is 0 Å². The number of halogens is 1. The van der Waals surface area contributed by atoms with Crippen molar-refractivity contribution in [2.75, 3.05) is 0 Å². The van der Waals surface area contributed by atoms with E-state index in [4.69, 9.17) is 13.2 Å². The summed E-state index contributed by atoms with van der Waals surface area (Å²) in [4.78, 5) is 0. The van der Waals surface area contributed by atoms with E-state index in [9.17, 15) is 0 Å². The van der Waals surface area contributed by atoms with Gasteiger partial charge in [-0.25, -0.2) is 0 Å². The van der Waals surface area contributed by atoms with E-state index in [1.165, 1.54) is 30.0 Å². The minimum atomic E-state index is 0. The van der Waals surface area contributed by atoms with Gasteiger partial charge in [-0.15, -0.1) is 0 Å². The number of hydrogen-bond donors (Lipinski definition) is 0. The van der Waals surface area contributed by atoms with E-state index in [-0.39, 0.29) is 19.8 Å². The summed E-state index contributed by atoms with van der Waals surface area (Å²) in [5.74, 6) is 0. The van der Waals surface area contributed by atoms with Crippen LogP contribution in [0.5, 0.6) is 0 Å². The fourth-order valence-electron chi connectivity index (χ4n) is 0. The fraction of sp³-hybridized carbons (Fsp3) is 0. The molecule has 4 heteroatoms. The maximum atomic E-state index is 4.72. The summed E-state index contributed by atoms with van der Waals surface area (Å²) >= 11 is 1.47. The third kappa shape index (κ3) is 55.2. The molecule has 0 aliphatic carbocycles. The SMILES string of the molecule is P.P.[CH-]=CC=[CH-].[Cl][Ir+2]. The molecule has 0 rings (SSSR count). The minimum absolute atomic E-state index is 0. The predicted molar refractivity (Wildman–Crippen MR) is 45.8 cm³/mol. The summed E-state index contributed by atoms with van der Waals surface area (Å²) in [5, 5.41) is 0. The Hall–Kier alpha value is 1.28. The van der Waals surface area contributed by atoms with Crippen LogP contribution in [-0.4, -0.2) is 0 Å². The van der Waals surface area contributed by atoms with E-state index >= 15 is 0 Å². The third-order valence-corrected chi connectivity index (χ3v) is 0.111. The summed E-state index contributed by atoms with van der Waals surface area (Å²) in [6, 6.07) is 0. The third-order valence-electron chi connectivity index (χ3n) is 0.111. The van der Waals surface area contributed by atoms with Crippen LogP contribution in [-0.2, 0) is 17.9 Å². The summed E-state index contributed by atoms with van der Waals surface area (Å²) < 4.78 is 0. The van der Waals surface area contributed by atoms with Crippen molar-refractivity contribution in [1.29, 1.82) is 0 Å². The van der Waals surface area contributed by atoms with E-state index < -0.39 is 0 Å². The Morgan fingerprint density at radius 2 is 1.12 bits per heavy atom. The standard InChI is InChI=1S/C4H4.ClH.Ir.2H3P/c1-3-4-2;;;;/h1-4H;1H;;2*1H3/q-2;;+3;;/p-1. The van der Waals surface area contributed by atoms with E-state index in [1.54, 1.807) is 0 Å². The first-order chi connectivity index (χ1) is 2.91. The van der Waals surface area contributed by atoms with Crippen LogP contribution >= 0.6 is 29.4 Å². The maximum absolute atomic E-state index is 4.72. The molecule has 0 aromatic carbocycles. The van der Waals surface area contributed by atoms with Crippen LogP contribution in [0, 0.1) is 13.2 Å². The van der Waals surface area contributed by atoms with Crippen molar-refractivity contribution in [2.24, 2.45) is 0 Å². The first-order valence-electron chi connectivity index (χ1n) is 1.13. The first kappa shape index (κ1) is 22.8. The second-order valence-corrected chi connectivity index (χ2v) is 0.385. The molecule has 0 nitrogen and oxygen atoms in total. The molecule has 2 atom stereocenters. The van der Waals surface area contributed by atoms with Gasteiger partial charge in [0.25, 0.3) is 0 Å². The Bertz CT molecular complexity index is 35.0. The van der Waals surface area contributed by atoms with Gasteiger partial charge in [0.15, 0.2) is 0 Å². The molecule has 0 N–H and O–H groups in total. The van der Waals surface area contributed by atoms with Crippen LogP contribution in [0.2, 0.25) is 0 Å². The molecule has 0 aliphatic rings. The fourth-order valence-corrected chi connectivity index (χ4v) is 0. The van der Waals surface area contributed by atoms with Gasteiger partial charge in [0.05, 0.1) is 0 Å². The molecule has 0 aromatic heterocycles. The molecule has 0 bridgehead atoms. The Morgan fingerprint density at radius 3 is 1.12 bits per heavy atom. The number of rotatable bonds is 1. The molecule has 0 saturated carbocycles. The normalized spacial score (nSPS) is 3.25. The van der Waals surface area contributed by atoms with Gasteiger partial charge in [-0.3, -0.25) is 0 Å². The zero-order valence-electron chi connectivity index (χ0n) is 4.43. The van der Waals surface area contributed by atoms with Crippen molar-refractivity contribution >= 4 is 29.4 Å². The summed E-state index contributed by atoms with van der Waals surface area (Å²) in [6.45, 7) is 9.44. The van der Waals surface area contributed by atoms with Gasteiger partial charge in [-0.1, -0.05) is 0 Å². The van der Waals surface area contributed by atoms with Crippen molar-refractivity contribution in [3.8, 4) is 0 Å². The van der Waals surface area contributed by atoms with Crippen molar-refractivity contribution in [2.45, 2.75) is 0 Å². The van der Waals surface area contributed by atoms with Crippen molar-refractivity contribution in [1.82, 2.24) is 0 Å². The second kappa shape index (κ2) is 40.8. The molecule has 0 spiro atoms.